The van der Waals surface area contributed by atoms with Gasteiger partial charge in [0.15, 0.2) is 0 Å². The molecule has 2 aromatic rings. The number of halogens is 3. The number of methoxy groups -OCH3 is 1. The maximum Gasteiger partial charge on any atom is 0.417 e. The van der Waals surface area contributed by atoms with Crippen molar-refractivity contribution in [2.24, 2.45) is 0 Å². The van der Waals surface area contributed by atoms with Gasteiger partial charge in [-0.2, -0.15) is 13.2 Å². The van der Waals surface area contributed by atoms with Gasteiger partial charge in [0.05, 0.1) is 30.6 Å². The molecule has 0 aliphatic rings. The van der Waals surface area contributed by atoms with Crippen molar-refractivity contribution in [1.82, 2.24) is 0 Å². The zero-order valence-corrected chi connectivity index (χ0v) is 20.0. The summed E-state index contributed by atoms with van der Waals surface area (Å²) in [5.74, 6) is 5.00. The van der Waals surface area contributed by atoms with E-state index in [-0.39, 0.29) is 17.7 Å². The maximum atomic E-state index is 13.5. The highest BCUT2D eigenvalue weighted by Crippen LogP contribution is 2.34. The van der Waals surface area contributed by atoms with Crippen molar-refractivity contribution in [3.63, 3.8) is 0 Å². The molecule has 0 saturated heterocycles. The number of hydrogen-bond donors (Lipinski definition) is 1. The van der Waals surface area contributed by atoms with Gasteiger partial charge >= 0.3 is 12.1 Å². The SMILES string of the molecule is CC\C=C/C(=C\C=C(/C)OC)c1cc(C(=O)OCC)ccc1C#Cc1ccc(O)cc1C(F)(F)F. The normalized spacial score (nSPS) is 12.3. The molecular weight excluding hydrogens is 457 g/mol. The zero-order chi connectivity index (χ0) is 26.0. The molecule has 1 N–H and O–H groups in total. The quantitative estimate of drug-likeness (QED) is 0.201. The summed E-state index contributed by atoms with van der Waals surface area (Å²) < 4.78 is 50.7. The Balaban J connectivity index is 2.74. The van der Waals surface area contributed by atoms with Crippen molar-refractivity contribution >= 4 is 11.5 Å². The number of aromatic hydroxyl groups is 1. The van der Waals surface area contributed by atoms with E-state index in [1.807, 2.05) is 19.1 Å². The molecule has 0 aliphatic heterocycles. The lowest BCUT2D eigenvalue weighted by atomic mass is 9.95. The number of carbonyl (C=O) groups is 1. The third-order valence-electron chi connectivity index (χ3n) is 4.83. The molecule has 0 aliphatic carbocycles. The number of carbonyl (C=O) groups excluding carboxylic acids is 1. The summed E-state index contributed by atoms with van der Waals surface area (Å²) in [6, 6.07) is 7.61. The minimum absolute atomic E-state index is 0.199. The minimum atomic E-state index is -4.68. The van der Waals surface area contributed by atoms with E-state index in [0.717, 1.165) is 18.6 Å². The van der Waals surface area contributed by atoms with Crippen LogP contribution in [0.3, 0.4) is 0 Å². The molecular formula is C28H27F3O4. The average Bonchev–Trinajstić information content (AvgIpc) is 2.82. The number of allylic oxidation sites excluding steroid dienone is 6. The van der Waals surface area contributed by atoms with Gasteiger partial charge in [-0.25, -0.2) is 4.79 Å². The Hall–Kier alpha value is -3.92. The predicted molar refractivity (Wildman–Crippen MR) is 130 cm³/mol. The van der Waals surface area contributed by atoms with Crippen LogP contribution < -0.4 is 0 Å². The van der Waals surface area contributed by atoms with E-state index in [2.05, 4.69) is 11.8 Å². The molecule has 2 rings (SSSR count). The van der Waals surface area contributed by atoms with Crippen LogP contribution in [0, 0.1) is 11.8 Å². The number of phenolic OH excluding ortho intramolecular Hbond substituents is 1. The average molecular weight is 485 g/mol. The number of hydrogen-bond acceptors (Lipinski definition) is 4. The van der Waals surface area contributed by atoms with Crippen LogP contribution >= 0.6 is 0 Å². The summed E-state index contributed by atoms with van der Waals surface area (Å²) in [6.45, 7) is 5.63. The van der Waals surface area contributed by atoms with Gasteiger partial charge in [0.25, 0.3) is 0 Å². The van der Waals surface area contributed by atoms with Crippen molar-refractivity contribution in [3.8, 4) is 17.6 Å². The lowest BCUT2D eigenvalue weighted by Gasteiger charge is -2.11. The van der Waals surface area contributed by atoms with Crippen LogP contribution in [0.15, 0.2) is 66.5 Å². The van der Waals surface area contributed by atoms with Crippen LogP contribution in [0.5, 0.6) is 5.75 Å². The van der Waals surface area contributed by atoms with Gasteiger partial charge in [0.2, 0.25) is 0 Å². The molecule has 0 fully saturated rings. The van der Waals surface area contributed by atoms with Gasteiger partial charge in [0, 0.05) is 11.1 Å². The van der Waals surface area contributed by atoms with Crippen molar-refractivity contribution in [3.05, 3.63) is 94.3 Å². The monoisotopic (exact) mass is 484 g/mol. The Morgan fingerprint density at radius 3 is 2.37 bits per heavy atom. The molecule has 0 heterocycles. The van der Waals surface area contributed by atoms with Gasteiger partial charge < -0.3 is 14.6 Å². The molecule has 184 valence electrons. The highest BCUT2D eigenvalue weighted by molar-refractivity contribution is 5.92. The summed E-state index contributed by atoms with van der Waals surface area (Å²) in [4.78, 5) is 12.3. The Morgan fingerprint density at radius 2 is 1.74 bits per heavy atom. The number of rotatable bonds is 7. The summed E-state index contributed by atoms with van der Waals surface area (Å²) in [5, 5.41) is 9.51. The molecule has 0 bridgehead atoms. The van der Waals surface area contributed by atoms with E-state index in [1.54, 1.807) is 38.1 Å². The van der Waals surface area contributed by atoms with Crippen LogP contribution in [0.2, 0.25) is 0 Å². The molecule has 0 aromatic heterocycles. The van der Waals surface area contributed by atoms with Crippen molar-refractivity contribution < 1.29 is 32.5 Å². The fraction of sp³-hybridized carbons (Fsp3) is 0.250. The van der Waals surface area contributed by atoms with E-state index < -0.39 is 23.5 Å². The summed E-state index contributed by atoms with van der Waals surface area (Å²) >= 11 is 0. The molecule has 0 unspecified atom stereocenters. The third kappa shape index (κ3) is 7.82. The van der Waals surface area contributed by atoms with E-state index in [9.17, 15) is 23.1 Å². The van der Waals surface area contributed by atoms with Gasteiger partial charge in [-0.1, -0.05) is 37.0 Å². The first kappa shape index (κ1) is 27.3. The van der Waals surface area contributed by atoms with Gasteiger partial charge in [-0.3, -0.25) is 0 Å². The number of benzene rings is 2. The van der Waals surface area contributed by atoms with E-state index in [1.165, 1.54) is 13.2 Å². The van der Waals surface area contributed by atoms with Crippen molar-refractivity contribution in [1.29, 1.82) is 0 Å². The highest BCUT2D eigenvalue weighted by Gasteiger charge is 2.33. The first-order valence-electron chi connectivity index (χ1n) is 10.9. The van der Waals surface area contributed by atoms with Crippen molar-refractivity contribution in [2.75, 3.05) is 13.7 Å². The fourth-order valence-electron chi connectivity index (χ4n) is 3.00. The highest BCUT2D eigenvalue weighted by atomic mass is 19.4. The molecule has 7 heteroatoms. The fourth-order valence-corrected chi connectivity index (χ4v) is 3.00. The zero-order valence-electron chi connectivity index (χ0n) is 20.0. The van der Waals surface area contributed by atoms with Crippen LogP contribution in [0.4, 0.5) is 13.2 Å². The Kier molecular flexibility index (Phi) is 9.77. The summed E-state index contributed by atoms with van der Waals surface area (Å²) in [6.07, 6.45) is 3.34. The molecule has 0 saturated carbocycles. The molecule has 4 nitrogen and oxygen atoms in total. The first-order valence-corrected chi connectivity index (χ1v) is 10.9. The number of ether oxygens (including phenoxy) is 2. The maximum absolute atomic E-state index is 13.5. The molecule has 2 aromatic carbocycles. The molecule has 0 spiro atoms. The van der Waals surface area contributed by atoms with E-state index in [0.29, 0.717) is 28.5 Å². The lowest BCUT2D eigenvalue weighted by Crippen LogP contribution is -2.07. The van der Waals surface area contributed by atoms with Crippen LogP contribution in [0.1, 0.15) is 59.8 Å². The topological polar surface area (TPSA) is 55.8 Å². The van der Waals surface area contributed by atoms with E-state index in [4.69, 9.17) is 9.47 Å². The van der Waals surface area contributed by atoms with Gasteiger partial charge in [0.1, 0.15) is 5.75 Å². The summed E-state index contributed by atoms with van der Waals surface area (Å²) in [7, 11) is 1.54. The summed E-state index contributed by atoms with van der Waals surface area (Å²) in [5.41, 5.74) is 0.613. The Morgan fingerprint density at radius 1 is 1.06 bits per heavy atom. The number of esters is 1. The predicted octanol–water partition coefficient (Wildman–Crippen LogP) is 6.89. The molecule has 35 heavy (non-hydrogen) atoms. The first-order chi connectivity index (χ1) is 16.6. The van der Waals surface area contributed by atoms with Crippen molar-refractivity contribution in [2.45, 2.75) is 33.4 Å². The lowest BCUT2D eigenvalue weighted by molar-refractivity contribution is -0.137. The standard InChI is InChI=1S/C28H27F3O4/c1-5-7-8-20(10-9-19(3)34-4)25-17-23(27(33)35-6-2)14-12-21(25)11-13-22-15-16-24(32)18-26(22)28(29,30)31/h7-10,12,14-18,32H,5-6H2,1-4H3/b8-7-,19-9+,20-10+. The molecule has 0 amide bonds. The number of phenols is 1. The van der Waals surface area contributed by atoms with E-state index >= 15 is 0 Å². The number of alkyl halides is 3. The second-order valence-corrected chi connectivity index (χ2v) is 7.37. The van der Waals surface area contributed by atoms with Gasteiger partial charge in [-0.05, 0) is 73.9 Å². The van der Waals surface area contributed by atoms with Crippen LogP contribution in [0.25, 0.3) is 5.57 Å². The Bertz CT molecular complexity index is 1210. The second kappa shape index (κ2) is 12.5. The third-order valence-corrected chi connectivity index (χ3v) is 4.83. The van der Waals surface area contributed by atoms with Gasteiger partial charge in [-0.15, -0.1) is 0 Å². The molecule has 0 atom stereocenters. The smallest absolute Gasteiger partial charge is 0.417 e. The Labute approximate surface area is 203 Å². The molecule has 0 radical (unpaired) electrons. The second-order valence-electron chi connectivity index (χ2n) is 7.37. The van der Waals surface area contributed by atoms with Crippen LogP contribution in [-0.2, 0) is 15.7 Å². The minimum Gasteiger partial charge on any atom is -0.508 e. The van der Waals surface area contributed by atoms with Crippen LogP contribution in [-0.4, -0.2) is 24.8 Å². The largest absolute Gasteiger partial charge is 0.508 e.